The van der Waals surface area contributed by atoms with Gasteiger partial charge in [-0.2, -0.15) is 0 Å². The number of hydrogen-bond donors (Lipinski definition) is 3. The van der Waals surface area contributed by atoms with Crippen molar-refractivity contribution in [2.45, 2.75) is 19.1 Å². The van der Waals surface area contributed by atoms with Crippen LogP contribution in [0.15, 0.2) is 36.5 Å². The number of aromatic nitrogens is 3. The predicted octanol–water partition coefficient (Wildman–Crippen LogP) is -0.413. The standard InChI is InChI=1S/C13H17N5O2/c14-6-11-7-18(17-16-11)8-13(20)15-12(9-19)10-4-2-1-3-5-10/h1-5,7,12,19H,6,8-9,14H2,(H,15,20)/t12-/m0/s1. The van der Waals surface area contributed by atoms with Gasteiger partial charge in [0.2, 0.25) is 5.91 Å². The van der Waals surface area contributed by atoms with Crippen molar-refractivity contribution >= 4 is 5.91 Å². The maximum Gasteiger partial charge on any atom is 0.242 e. The van der Waals surface area contributed by atoms with E-state index in [1.165, 1.54) is 4.68 Å². The second-order valence-corrected chi connectivity index (χ2v) is 4.32. The molecule has 0 aliphatic rings. The van der Waals surface area contributed by atoms with Gasteiger partial charge in [0.1, 0.15) is 6.54 Å². The minimum atomic E-state index is -0.429. The second-order valence-electron chi connectivity index (χ2n) is 4.32. The molecule has 0 bridgehead atoms. The Morgan fingerprint density at radius 1 is 1.40 bits per heavy atom. The van der Waals surface area contributed by atoms with Gasteiger partial charge in [0.25, 0.3) is 0 Å². The van der Waals surface area contributed by atoms with E-state index in [-0.39, 0.29) is 25.6 Å². The highest BCUT2D eigenvalue weighted by Gasteiger charge is 2.14. The molecule has 7 nitrogen and oxygen atoms in total. The van der Waals surface area contributed by atoms with E-state index < -0.39 is 6.04 Å². The molecule has 0 saturated carbocycles. The second kappa shape index (κ2) is 6.78. The van der Waals surface area contributed by atoms with Gasteiger partial charge in [-0.1, -0.05) is 35.5 Å². The maximum atomic E-state index is 11.9. The van der Waals surface area contributed by atoms with Gasteiger partial charge in [-0.15, -0.1) is 5.10 Å². The average Bonchev–Trinajstić information content (AvgIpc) is 2.93. The predicted molar refractivity (Wildman–Crippen MR) is 72.3 cm³/mol. The van der Waals surface area contributed by atoms with Crippen LogP contribution in [0.1, 0.15) is 17.3 Å². The fourth-order valence-electron chi connectivity index (χ4n) is 1.82. The molecule has 2 aromatic rings. The summed E-state index contributed by atoms with van der Waals surface area (Å²) in [6.45, 7) is 0.155. The zero-order chi connectivity index (χ0) is 14.4. The third kappa shape index (κ3) is 3.62. The minimum absolute atomic E-state index is 0.0380. The molecule has 1 aromatic carbocycles. The summed E-state index contributed by atoms with van der Waals surface area (Å²) < 4.78 is 1.41. The molecule has 0 unspecified atom stereocenters. The van der Waals surface area contributed by atoms with Gasteiger partial charge in [-0.05, 0) is 5.56 Å². The van der Waals surface area contributed by atoms with Crippen LogP contribution in [0, 0.1) is 0 Å². The molecule has 4 N–H and O–H groups in total. The van der Waals surface area contributed by atoms with Crippen molar-refractivity contribution in [3.63, 3.8) is 0 Å². The summed E-state index contributed by atoms with van der Waals surface area (Å²) in [5.41, 5.74) is 6.90. The van der Waals surface area contributed by atoms with E-state index >= 15 is 0 Å². The van der Waals surface area contributed by atoms with Crippen LogP contribution in [0.5, 0.6) is 0 Å². The van der Waals surface area contributed by atoms with Crippen LogP contribution in [0.3, 0.4) is 0 Å². The fourth-order valence-corrected chi connectivity index (χ4v) is 1.82. The Bertz CT molecular complexity index is 555. The third-order valence-electron chi connectivity index (χ3n) is 2.82. The van der Waals surface area contributed by atoms with Crippen LogP contribution >= 0.6 is 0 Å². The summed E-state index contributed by atoms with van der Waals surface area (Å²) in [5.74, 6) is -0.249. The number of nitrogens with zero attached hydrogens (tertiary/aromatic N) is 3. The zero-order valence-corrected chi connectivity index (χ0v) is 10.9. The van der Waals surface area contributed by atoms with Gasteiger partial charge in [0, 0.05) is 6.54 Å². The lowest BCUT2D eigenvalue weighted by molar-refractivity contribution is -0.123. The summed E-state index contributed by atoms with van der Waals surface area (Å²) in [4.78, 5) is 11.9. The van der Waals surface area contributed by atoms with Crippen LogP contribution in [-0.4, -0.2) is 32.6 Å². The molecule has 2 rings (SSSR count). The van der Waals surface area contributed by atoms with E-state index in [1.54, 1.807) is 6.20 Å². The summed E-state index contributed by atoms with van der Waals surface area (Å²) >= 11 is 0. The fraction of sp³-hybridized carbons (Fsp3) is 0.308. The molecule has 0 aliphatic carbocycles. The van der Waals surface area contributed by atoms with Crippen molar-refractivity contribution in [2.24, 2.45) is 5.73 Å². The first-order valence-electron chi connectivity index (χ1n) is 6.27. The molecule has 1 amide bonds. The molecular weight excluding hydrogens is 258 g/mol. The molecule has 20 heavy (non-hydrogen) atoms. The quantitative estimate of drug-likeness (QED) is 0.664. The molecule has 0 aliphatic heterocycles. The van der Waals surface area contributed by atoms with Crippen LogP contribution < -0.4 is 11.1 Å². The van der Waals surface area contributed by atoms with Crippen LogP contribution in [0.4, 0.5) is 0 Å². The molecule has 0 spiro atoms. The highest BCUT2D eigenvalue weighted by Crippen LogP contribution is 2.11. The number of rotatable bonds is 6. The van der Waals surface area contributed by atoms with Crippen molar-refractivity contribution in [1.82, 2.24) is 20.3 Å². The zero-order valence-electron chi connectivity index (χ0n) is 10.9. The largest absolute Gasteiger partial charge is 0.394 e. The molecule has 1 aromatic heterocycles. The Morgan fingerprint density at radius 2 is 2.15 bits per heavy atom. The lowest BCUT2D eigenvalue weighted by Gasteiger charge is -2.16. The number of nitrogens with one attached hydrogen (secondary N) is 1. The monoisotopic (exact) mass is 275 g/mol. The molecule has 0 fully saturated rings. The number of benzene rings is 1. The van der Waals surface area contributed by atoms with Gasteiger partial charge in [-0.3, -0.25) is 4.79 Å². The van der Waals surface area contributed by atoms with Crippen molar-refractivity contribution in [2.75, 3.05) is 6.61 Å². The third-order valence-corrected chi connectivity index (χ3v) is 2.82. The minimum Gasteiger partial charge on any atom is -0.394 e. The lowest BCUT2D eigenvalue weighted by Crippen LogP contribution is -2.33. The van der Waals surface area contributed by atoms with E-state index in [9.17, 15) is 9.90 Å². The first-order chi connectivity index (χ1) is 9.72. The molecule has 1 atom stereocenters. The maximum absolute atomic E-state index is 11.9. The van der Waals surface area contributed by atoms with E-state index in [4.69, 9.17) is 5.73 Å². The summed E-state index contributed by atoms with van der Waals surface area (Å²) in [6.07, 6.45) is 1.62. The number of aliphatic hydroxyl groups excluding tert-OH is 1. The van der Waals surface area contributed by atoms with E-state index in [2.05, 4.69) is 15.6 Å². The molecule has 0 saturated heterocycles. The Morgan fingerprint density at radius 3 is 2.75 bits per heavy atom. The number of nitrogens with two attached hydrogens (primary N) is 1. The average molecular weight is 275 g/mol. The Balaban J connectivity index is 1.96. The normalized spacial score (nSPS) is 12.1. The van der Waals surface area contributed by atoms with Crippen LogP contribution in [0.25, 0.3) is 0 Å². The number of aliphatic hydroxyl groups is 1. The number of carbonyl (C=O) groups is 1. The van der Waals surface area contributed by atoms with Crippen LogP contribution in [-0.2, 0) is 17.9 Å². The van der Waals surface area contributed by atoms with Gasteiger partial charge < -0.3 is 16.2 Å². The van der Waals surface area contributed by atoms with Gasteiger partial charge in [-0.25, -0.2) is 4.68 Å². The molecule has 1 heterocycles. The molecule has 106 valence electrons. The van der Waals surface area contributed by atoms with Crippen molar-refractivity contribution < 1.29 is 9.90 Å². The first kappa shape index (κ1) is 14.2. The van der Waals surface area contributed by atoms with E-state index in [0.29, 0.717) is 5.69 Å². The lowest BCUT2D eigenvalue weighted by atomic mass is 10.1. The number of amides is 1. The number of hydrogen-bond acceptors (Lipinski definition) is 5. The summed E-state index contributed by atoms with van der Waals surface area (Å²) in [6, 6.07) is 8.86. The van der Waals surface area contributed by atoms with Gasteiger partial charge in [0.15, 0.2) is 0 Å². The highest BCUT2D eigenvalue weighted by atomic mass is 16.3. The summed E-state index contributed by atoms with van der Waals surface area (Å²) in [7, 11) is 0. The Kier molecular flexibility index (Phi) is 4.80. The molecule has 0 radical (unpaired) electrons. The van der Waals surface area contributed by atoms with Gasteiger partial charge >= 0.3 is 0 Å². The summed E-state index contributed by atoms with van der Waals surface area (Å²) in [5, 5.41) is 19.7. The highest BCUT2D eigenvalue weighted by molar-refractivity contribution is 5.76. The molecule has 7 heteroatoms. The first-order valence-corrected chi connectivity index (χ1v) is 6.27. The molecular formula is C13H17N5O2. The van der Waals surface area contributed by atoms with Gasteiger partial charge in [0.05, 0.1) is 24.5 Å². The van der Waals surface area contributed by atoms with Crippen molar-refractivity contribution in [1.29, 1.82) is 0 Å². The SMILES string of the molecule is NCc1cn(CC(=O)N[C@@H](CO)c2ccccc2)nn1. The van der Waals surface area contributed by atoms with Crippen molar-refractivity contribution in [3.05, 3.63) is 47.8 Å². The topological polar surface area (TPSA) is 106 Å². The Hall–Kier alpha value is -2.25. The number of carbonyl (C=O) groups excluding carboxylic acids is 1. The van der Waals surface area contributed by atoms with Crippen molar-refractivity contribution in [3.8, 4) is 0 Å². The smallest absolute Gasteiger partial charge is 0.242 e. The van der Waals surface area contributed by atoms with Crippen LogP contribution in [0.2, 0.25) is 0 Å². The van der Waals surface area contributed by atoms with E-state index in [1.807, 2.05) is 30.3 Å². The Labute approximate surface area is 116 Å². The van der Waals surface area contributed by atoms with E-state index in [0.717, 1.165) is 5.56 Å².